The van der Waals surface area contributed by atoms with E-state index in [1.165, 1.54) is 64.2 Å². The Balaban J connectivity index is 0.000000257. The number of allylic oxidation sites excluding steroid dienone is 4. The fourth-order valence-electron chi connectivity index (χ4n) is 11.6. The summed E-state index contributed by atoms with van der Waals surface area (Å²) >= 11 is 0. The normalized spacial score (nSPS) is 17.4. The van der Waals surface area contributed by atoms with Crippen LogP contribution in [0.5, 0.6) is 23.0 Å². The molecule has 680 valence electrons. The maximum atomic E-state index is 14.4. The van der Waals surface area contributed by atoms with Crippen LogP contribution in [-0.4, -0.2) is 171 Å². The standard InChI is InChI=1S/4C26H27FN4O2/c4*1-5-33-25-14-24-22(13-18(25)12-21(32)7-6-10-31(3)4)26(19(15-28)16-29-24)30-20-8-9-23(27)17(2)11-20/h4*6-9,11,13-14,16H,5,10,12H2,1-4H3,(H,29,30)/b4*7-6+/i1D3,3D3,5D2,6D,7D,8D,9D,10D2,11D,16D;3D3,5D2,6D,7D,8D,9D,10D2,11D;3D3,6D,7D,8D,9D,10D2,11D;8D,9D,11D,13D,14D,16D. The molecule has 0 radical (unpaired) electrons. The Bertz CT molecular complexity index is 8820. The van der Waals surface area contributed by atoms with Crippen molar-refractivity contribution in [2.24, 2.45) is 0 Å². The highest BCUT2D eigenvalue weighted by atomic mass is 19.1. The maximum Gasteiger partial charge on any atom is 0.159 e. The van der Waals surface area contributed by atoms with E-state index in [1.54, 1.807) is 26.0 Å². The Labute approximate surface area is 829 Å². The quantitative estimate of drug-likeness (QED) is 0.0209. The zero-order valence-corrected chi connectivity index (χ0v) is 72.4. The van der Waals surface area contributed by atoms with Gasteiger partial charge in [0, 0.05) is 192 Å². The third kappa shape index (κ3) is 28.5. The zero-order chi connectivity index (χ0) is 134. The number of nitriles is 4. The molecule has 0 aliphatic carbocycles. The molecule has 4 heterocycles. The number of fused-ring (bicyclic) bond motifs is 4. The smallest absolute Gasteiger partial charge is 0.159 e. The van der Waals surface area contributed by atoms with Gasteiger partial charge in [0.05, 0.1) is 129 Å². The molecule has 12 rings (SSSR count). The number of carbonyl (C=O) groups is 4. The van der Waals surface area contributed by atoms with Gasteiger partial charge in [0.25, 0.3) is 0 Å². The first-order valence-corrected chi connectivity index (χ1v) is 38.8. The van der Waals surface area contributed by atoms with Crippen molar-refractivity contribution in [3.05, 3.63) is 284 Å². The molecule has 0 fully saturated rings. The number of hydrogen-bond acceptors (Lipinski definition) is 24. The van der Waals surface area contributed by atoms with Crippen LogP contribution in [0.15, 0.2) is 194 Å². The Kier molecular flexibility index (Phi) is 20.4. The molecule has 0 aliphatic heterocycles. The molecular weight excluding hydrogens is 1680 g/mol. The van der Waals surface area contributed by atoms with Gasteiger partial charge in [0.2, 0.25) is 0 Å². The summed E-state index contributed by atoms with van der Waals surface area (Å²) in [6, 6.07) is -1.10. The number of ether oxygens (including phenoxy) is 4. The van der Waals surface area contributed by atoms with Crippen LogP contribution in [-0.2, 0) is 44.9 Å². The molecular formula is C104H108F4N16O8. The van der Waals surface area contributed by atoms with Gasteiger partial charge in [-0.1, -0.05) is 24.2 Å². The van der Waals surface area contributed by atoms with E-state index < -0.39 is 264 Å². The second-order valence-corrected chi connectivity index (χ2v) is 27.7. The third-order valence-corrected chi connectivity index (χ3v) is 17.5. The molecule has 0 bridgehead atoms. The fourth-order valence-corrected chi connectivity index (χ4v) is 11.6. The first kappa shape index (κ1) is 55.1. The van der Waals surface area contributed by atoms with Gasteiger partial charge in [0.15, 0.2) is 23.1 Å². The summed E-state index contributed by atoms with van der Waals surface area (Å²) in [7, 11) is 6.25. The number of benzene rings is 8. The highest BCUT2D eigenvalue weighted by Gasteiger charge is 2.23. The predicted octanol–water partition coefficient (Wildman–Crippen LogP) is 19.7. The SMILES string of the molecule is [2H]/C(C(=O)Cc1cc2c(Nc3c([2H])c([2H])c(F)c(C)c3[2H])c(C#N)c([2H])nc2cc1OC([2H])([2H])C([2H])([2H])[2H])=C(/[2H])C([2H])([2H])N(C)C([2H])([2H])[2H].[2H]/C(C(=O)Cc1cc2c(Nc3c([2H])c([2H])c(F)c(C)c3[2H])c(C#N)cnc2cc1OC([2H])([2H])C)=C(/[2H])C([2H])([2H])N(C)C([2H])([2H])[2H].[2H]/C(C(=O)Cc1cc2c(Nc3c([2H])c([2H])c(F)c(C)c3[2H])c(C#N)cnc2cc1OCC)=C(/[2H])C([2H])([2H])N(C)C([2H])([2H])[2H].[2H]c1nc2c([2H])c(OCC)c(CC(=O)/C=C/CN(C)C)c([2H])c2c(Nc2c([2H])c([2H])c(F)c(C)c2[2H])c1C#N. The number of ketones is 4. The lowest BCUT2D eigenvalue weighted by molar-refractivity contribution is -0.114. The van der Waals surface area contributed by atoms with Gasteiger partial charge in [-0.3, -0.25) is 39.1 Å². The van der Waals surface area contributed by atoms with E-state index in [1.807, 2.05) is 37.2 Å². The summed E-state index contributed by atoms with van der Waals surface area (Å²) in [5, 5.41) is 50.1. The number of anilines is 8. The lowest BCUT2D eigenvalue weighted by Gasteiger charge is -2.15. The summed E-state index contributed by atoms with van der Waals surface area (Å²) in [6.45, 7) is -17.1. The molecule has 0 spiro atoms. The predicted molar refractivity (Wildman–Crippen MR) is 514 cm³/mol. The van der Waals surface area contributed by atoms with Gasteiger partial charge in [-0.05, 0) is 255 Å². The van der Waals surface area contributed by atoms with E-state index in [2.05, 4.69) is 41.2 Å². The second kappa shape index (κ2) is 48.9. The molecule has 0 amide bonds. The largest absolute Gasteiger partial charge is 0.494 e. The number of carbonyl (C=O) groups excluding carboxylic acids is 4. The van der Waals surface area contributed by atoms with Crippen LogP contribution in [0.1, 0.15) is 155 Å². The maximum absolute atomic E-state index is 14.4. The molecule has 0 aliphatic rings. The first-order valence-electron chi connectivity index (χ1n) is 60.8. The van der Waals surface area contributed by atoms with Crippen LogP contribution in [0, 0.1) is 96.3 Å². The number of hydrogen-bond donors (Lipinski definition) is 4. The molecule has 132 heavy (non-hydrogen) atoms. The Hall–Kier alpha value is -15.0. The summed E-state index contributed by atoms with van der Waals surface area (Å²) < 4.78 is 429. The Morgan fingerprint density at radius 3 is 1.12 bits per heavy atom. The van der Waals surface area contributed by atoms with Crippen LogP contribution in [0.4, 0.5) is 63.1 Å². The van der Waals surface area contributed by atoms with Crippen LogP contribution in [0.2, 0.25) is 0 Å². The Morgan fingerprint density at radius 2 is 0.765 bits per heavy atom. The van der Waals surface area contributed by atoms with E-state index in [4.69, 9.17) is 79.3 Å². The molecule has 28 heteroatoms. The summed E-state index contributed by atoms with van der Waals surface area (Å²) in [5.41, 5.74) is -4.28. The number of halogens is 4. The van der Waals surface area contributed by atoms with Crippen molar-refractivity contribution in [2.45, 2.75) is 81.0 Å². The van der Waals surface area contributed by atoms with Gasteiger partial charge in [-0.15, -0.1) is 0 Å². The Morgan fingerprint density at radius 1 is 0.424 bits per heavy atom. The highest BCUT2D eigenvalue weighted by Crippen LogP contribution is 2.40. The minimum absolute atomic E-state index is 0.0371. The molecule has 0 atom stereocenters. The summed E-state index contributed by atoms with van der Waals surface area (Å²) in [5.74, 6) is -8.93. The molecule has 0 saturated heterocycles. The molecule has 4 aromatic heterocycles. The van der Waals surface area contributed by atoms with Crippen molar-refractivity contribution in [2.75, 3.05) is 130 Å². The van der Waals surface area contributed by atoms with E-state index in [9.17, 15) is 57.8 Å². The number of nitrogens with one attached hydrogen (secondary N) is 4. The van der Waals surface area contributed by atoms with E-state index in [0.29, 0.717) is 6.54 Å². The average Bonchev–Trinajstić information content (AvgIpc) is 0.737. The van der Waals surface area contributed by atoms with Crippen LogP contribution >= 0.6 is 0 Å². The van der Waals surface area contributed by atoms with Gasteiger partial charge >= 0.3 is 0 Å². The number of nitrogens with zero attached hydrogens (tertiary/aromatic N) is 12. The number of aromatic nitrogens is 4. The second-order valence-electron chi connectivity index (χ2n) is 27.7. The molecule has 0 unspecified atom stereocenters. The van der Waals surface area contributed by atoms with Crippen molar-refractivity contribution in [3.8, 4) is 47.3 Å². The topological polar surface area (TPSA) is 313 Å². The lowest BCUT2D eigenvalue weighted by atomic mass is 10.0. The molecule has 0 saturated carbocycles. The first-order chi connectivity index (χ1) is 80.9. The van der Waals surface area contributed by atoms with Crippen molar-refractivity contribution >= 4 is 112 Å². The molecule has 4 N–H and O–H groups in total. The van der Waals surface area contributed by atoms with Crippen molar-refractivity contribution in [1.29, 1.82) is 21.0 Å². The van der Waals surface area contributed by atoms with Crippen LogP contribution in [0.3, 0.4) is 0 Å². The highest BCUT2D eigenvalue weighted by molar-refractivity contribution is 6.03. The summed E-state index contributed by atoms with van der Waals surface area (Å²) in [6.07, 6.45) is 1.45. The third-order valence-electron chi connectivity index (χ3n) is 17.5. The number of pyridine rings is 4. The van der Waals surface area contributed by atoms with Crippen LogP contribution < -0.4 is 40.2 Å². The summed E-state index contributed by atoms with van der Waals surface area (Å²) in [4.78, 5) is 71.3. The lowest BCUT2D eigenvalue weighted by Crippen LogP contribution is -2.11. The van der Waals surface area contributed by atoms with Crippen molar-refractivity contribution < 1.29 is 116 Å². The zero-order valence-electron chi connectivity index (χ0n) is 116. The average molecular weight is 1830 g/mol. The van der Waals surface area contributed by atoms with E-state index in [-0.39, 0.29) is 209 Å². The van der Waals surface area contributed by atoms with E-state index >= 15 is 0 Å². The monoisotopic (exact) mass is 1830 g/mol. The van der Waals surface area contributed by atoms with Crippen molar-refractivity contribution in [1.82, 2.24) is 39.5 Å². The molecule has 12 aromatic rings. The van der Waals surface area contributed by atoms with Crippen LogP contribution in [0.25, 0.3) is 43.6 Å². The van der Waals surface area contributed by atoms with Gasteiger partial charge < -0.3 is 59.8 Å². The molecule has 8 aromatic carbocycles. The fraction of sp³-hybridized carbons (Fsp3) is 0.269. The number of likely N-dealkylation sites (N-methyl/N-ethyl adjacent to an activating group) is 4. The molecule has 24 nitrogen and oxygen atoms in total. The van der Waals surface area contributed by atoms with Crippen molar-refractivity contribution in [3.63, 3.8) is 0 Å². The van der Waals surface area contributed by atoms with Gasteiger partial charge in [-0.2, -0.15) is 21.0 Å². The minimum atomic E-state index is -3.41. The van der Waals surface area contributed by atoms with E-state index in [0.717, 1.165) is 46.4 Å². The van der Waals surface area contributed by atoms with Gasteiger partial charge in [0.1, 0.15) is 70.5 Å². The minimum Gasteiger partial charge on any atom is -0.494 e. The number of rotatable bonds is 36. The van der Waals surface area contributed by atoms with Gasteiger partial charge in [-0.25, -0.2) is 17.6 Å².